The number of aromatic hydroxyl groups is 1. The molecule has 2 bridgehead atoms. The molecule has 1 aromatic carbocycles. The first kappa shape index (κ1) is 12.4. The zero-order valence-electron chi connectivity index (χ0n) is 12.0. The van der Waals surface area contributed by atoms with Crippen molar-refractivity contribution < 1.29 is 14.6 Å². The van der Waals surface area contributed by atoms with E-state index >= 15 is 0 Å². The minimum absolute atomic E-state index is 0.0356. The molecule has 2 aliphatic carbocycles. The molecule has 1 spiro atoms. The molecule has 0 amide bonds. The van der Waals surface area contributed by atoms with Crippen molar-refractivity contribution in [2.45, 2.75) is 43.2 Å². The summed E-state index contributed by atoms with van der Waals surface area (Å²) in [5.41, 5.74) is 1.74. The molecule has 1 saturated heterocycles. The molecule has 4 aliphatic rings. The summed E-state index contributed by atoms with van der Waals surface area (Å²) >= 11 is 0. The van der Waals surface area contributed by atoms with Crippen molar-refractivity contribution in [3.8, 4) is 11.5 Å². The molecule has 2 aliphatic heterocycles. The van der Waals surface area contributed by atoms with Crippen LogP contribution in [0.5, 0.6) is 11.5 Å². The molecule has 5 rings (SSSR count). The first-order valence-electron chi connectivity index (χ1n) is 7.81. The van der Waals surface area contributed by atoms with Gasteiger partial charge in [0.15, 0.2) is 23.4 Å². The molecule has 0 radical (unpaired) electrons. The van der Waals surface area contributed by atoms with E-state index in [2.05, 4.69) is 5.29 Å². The Morgan fingerprint density at radius 1 is 1.41 bits per heavy atom. The lowest BCUT2D eigenvalue weighted by atomic mass is 9.52. The van der Waals surface area contributed by atoms with E-state index in [1.807, 2.05) is 6.07 Å². The molecule has 2 heterocycles. The third-order valence-corrected chi connectivity index (χ3v) is 6.18. The van der Waals surface area contributed by atoms with Gasteiger partial charge in [-0.1, -0.05) is 6.07 Å². The predicted octanol–water partition coefficient (Wildman–Crippen LogP) is 1.68. The second kappa shape index (κ2) is 3.80. The molecule has 0 aromatic heterocycles. The Kier molecular flexibility index (Phi) is 2.15. The lowest BCUT2D eigenvalue weighted by Crippen LogP contribution is -2.65. The SMILES string of the molecule is O=NN1CC[C@]23c4c5ccc(O)c4O[C@H]2C(=O)CC[C@H]3[C@H]1C5. The summed E-state index contributed by atoms with van der Waals surface area (Å²) in [6.07, 6.45) is 2.14. The van der Waals surface area contributed by atoms with Gasteiger partial charge in [0, 0.05) is 18.5 Å². The summed E-state index contributed by atoms with van der Waals surface area (Å²) in [4.78, 5) is 23.7. The number of hydrogen-bond donors (Lipinski definition) is 1. The second-order valence-electron chi connectivity index (χ2n) is 6.86. The highest BCUT2D eigenvalue weighted by Gasteiger charge is 2.66. The van der Waals surface area contributed by atoms with Crippen molar-refractivity contribution >= 4 is 5.78 Å². The molecule has 1 saturated carbocycles. The smallest absolute Gasteiger partial charge is 0.174 e. The maximum absolute atomic E-state index is 12.5. The van der Waals surface area contributed by atoms with E-state index < -0.39 is 6.10 Å². The topological polar surface area (TPSA) is 79.2 Å². The van der Waals surface area contributed by atoms with Gasteiger partial charge in [0.2, 0.25) is 0 Å². The summed E-state index contributed by atoms with van der Waals surface area (Å²) in [5.74, 6) is 0.917. The number of nitrogens with zero attached hydrogens (tertiary/aromatic N) is 2. The number of carbonyl (C=O) groups is 1. The van der Waals surface area contributed by atoms with Gasteiger partial charge in [0.1, 0.15) is 0 Å². The fourth-order valence-corrected chi connectivity index (χ4v) is 5.41. The summed E-state index contributed by atoms with van der Waals surface area (Å²) in [6, 6.07) is 3.56. The minimum atomic E-state index is -0.509. The monoisotopic (exact) mass is 300 g/mol. The normalized spacial score (nSPS) is 37.5. The third-order valence-electron chi connectivity index (χ3n) is 6.18. The van der Waals surface area contributed by atoms with Gasteiger partial charge in [-0.3, -0.25) is 9.80 Å². The number of piperidine rings is 1. The lowest BCUT2D eigenvalue weighted by Gasteiger charge is -2.55. The summed E-state index contributed by atoms with van der Waals surface area (Å²) in [5, 5.41) is 15.0. The molecule has 114 valence electrons. The molecule has 2 fully saturated rings. The van der Waals surface area contributed by atoms with Gasteiger partial charge >= 0.3 is 0 Å². The molecule has 22 heavy (non-hydrogen) atoms. The summed E-state index contributed by atoms with van der Waals surface area (Å²) in [6.45, 7) is 0.548. The van der Waals surface area contributed by atoms with Gasteiger partial charge in [-0.2, -0.15) is 0 Å². The summed E-state index contributed by atoms with van der Waals surface area (Å²) < 4.78 is 5.96. The molecular weight excluding hydrogens is 284 g/mol. The van der Waals surface area contributed by atoms with E-state index in [0.29, 0.717) is 25.1 Å². The summed E-state index contributed by atoms with van der Waals surface area (Å²) in [7, 11) is 0. The van der Waals surface area contributed by atoms with E-state index in [-0.39, 0.29) is 28.9 Å². The van der Waals surface area contributed by atoms with Gasteiger partial charge < -0.3 is 9.84 Å². The number of phenolic OH excluding ortho intramolecular Hbond substituents is 1. The van der Waals surface area contributed by atoms with Crippen LogP contribution in [0.15, 0.2) is 17.4 Å². The molecule has 1 aromatic rings. The lowest BCUT2D eigenvalue weighted by molar-refractivity contribution is -0.138. The Labute approximate surface area is 127 Å². The van der Waals surface area contributed by atoms with E-state index in [4.69, 9.17) is 4.74 Å². The zero-order chi connectivity index (χ0) is 15.1. The highest BCUT2D eigenvalue weighted by atomic mass is 16.5. The predicted molar refractivity (Wildman–Crippen MR) is 76.5 cm³/mol. The van der Waals surface area contributed by atoms with Gasteiger partial charge in [-0.15, -0.1) is 4.91 Å². The molecular formula is C16H16N2O4. The van der Waals surface area contributed by atoms with Crippen LogP contribution >= 0.6 is 0 Å². The highest BCUT2D eigenvalue weighted by molar-refractivity contribution is 5.89. The molecule has 1 N–H and O–H groups in total. The maximum atomic E-state index is 12.5. The van der Waals surface area contributed by atoms with Crippen molar-refractivity contribution in [3.05, 3.63) is 28.2 Å². The van der Waals surface area contributed by atoms with Crippen molar-refractivity contribution in [1.82, 2.24) is 5.01 Å². The fourth-order valence-electron chi connectivity index (χ4n) is 5.41. The van der Waals surface area contributed by atoms with E-state index in [9.17, 15) is 14.8 Å². The maximum Gasteiger partial charge on any atom is 0.174 e. The van der Waals surface area contributed by atoms with Crippen LogP contribution in [-0.2, 0) is 16.6 Å². The number of benzene rings is 1. The van der Waals surface area contributed by atoms with Gasteiger partial charge in [0.05, 0.1) is 16.7 Å². The Morgan fingerprint density at radius 2 is 2.27 bits per heavy atom. The van der Waals surface area contributed by atoms with Gasteiger partial charge in [-0.25, -0.2) is 0 Å². The van der Waals surface area contributed by atoms with Crippen LogP contribution in [0.4, 0.5) is 0 Å². The van der Waals surface area contributed by atoms with Crippen molar-refractivity contribution in [2.24, 2.45) is 11.2 Å². The van der Waals surface area contributed by atoms with Crippen LogP contribution < -0.4 is 4.74 Å². The zero-order valence-corrected chi connectivity index (χ0v) is 12.0. The highest BCUT2D eigenvalue weighted by Crippen LogP contribution is 2.63. The number of nitroso groups, excluding NO2 is 1. The minimum Gasteiger partial charge on any atom is -0.504 e. The van der Waals surface area contributed by atoms with Crippen LogP contribution in [0.3, 0.4) is 0 Å². The van der Waals surface area contributed by atoms with Crippen LogP contribution in [0, 0.1) is 10.8 Å². The Bertz CT molecular complexity index is 718. The van der Waals surface area contributed by atoms with E-state index in [1.165, 1.54) is 0 Å². The molecule has 6 heteroatoms. The number of ketones is 1. The molecule has 0 unspecified atom stereocenters. The van der Waals surface area contributed by atoms with E-state index in [0.717, 1.165) is 24.0 Å². The Morgan fingerprint density at radius 3 is 3.09 bits per heavy atom. The van der Waals surface area contributed by atoms with Crippen molar-refractivity contribution in [2.75, 3.05) is 6.54 Å². The average Bonchev–Trinajstić information content (AvgIpc) is 2.87. The second-order valence-corrected chi connectivity index (χ2v) is 6.86. The van der Waals surface area contributed by atoms with Gasteiger partial charge in [0.25, 0.3) is 0 Å². The Balaban J connectivity index is 1.81. The Hall–Kier alpha value is -2.11. The first-order chi connectivity index (χ1) is 10.7. The number of rotatable bonds is 1. The first-order valence-corrected chi connectivity index (χ1v) is 7.81. The largest absolute Gasteiger partial charge is 0.504 e. The number of hydrogen-bond acceptors (Lipinski definition) is 5. The number of phenols is 1. The quantitative estimate of drug-likeness (QED) is 0.798. The number of Topliss-reactive ketones (excluding diaryl/α,β-unsaturated/α-hetero) is 1. The molecule has 6 nitrogen and oxygen atoms in total. The van der Waals surface area contributed by atoms with Crippen molar-refractivity contribution in [3.63, 3.8) is 0 Å². The molecule has 4 atom stereocenters. The van der Waals surface area contributed by atoms with Crippen LogP contribution in [0.1, 0.15) is 30.4 Å². The van der Waals surface area contributed by atoms with Crippen LogP contribution in [0.25, 0.3) is 0 Å². The van der Waals surface area contributed by atoms with Crippen LogP contribution in [0.2, 0.25) is 0 Å². The standard InChI is InChI=1S/C16H16N2O4/c19-11-3-1-8-7-10-9-2-4-12(20)15-16(9,5-6-18(10)17-21)13(8)14(11)22-15/h1,3,9-10,15,19H,2,4-7H2/t9-,10+,15-,16-/m0/s1. The third kappa shape index (κ3) is 1.18. The van der Waals surface area contributed by atoms with Gasteiger partial charge in [-0.05, 0) is 36.8 Å². The van der Waals surface area contributed by atoms with E-state index in [1.54, 1.807) is 11.1 Å². The number of carbonyl (C=O) groups excluding carboxylic acids is 1. The average molecular weight is 300 g/mol. The number of ether oxygens (including phenoxy) is 1. The van der Waals surface area contributed by atoms with Crippen LogP contribution in [-0.4, -0.2) is 34.6 Å². The fraction of sp³-hybridized carbons (Fsp3) is 0.562. The van der Waals surface area contributed by atoms with Crippen molar-refractivity contribution in [1.29, 1.82) is 0 Å².